The van der Waals surface area contributed by atoms with Gasteiger partial charge < -0.3 is 4.52 Å². The summed E-state index contributed by atoms with van der Waals surface area (Å²) in [7, 11) is 0. The molecule has 0 radical (unpaired) electrons. The topological polar surface area (TPSA) is 60.2 Å². The molecule has 108 valence electrons. The van der Waals surface area contributed by atoms with E-state index in [2.05, 4.69) is 5.16 Å². The third-order valence-electron chi connectivity index (χ3n) is 3.72. The largest absolute Gasteiger partial charge is 0.462 e. The molecule has 5 heteroatoms. The molecule has 21 heavy (non-hydrogen) atoms. The fraction of sp³-hybridized carbons (Fsp3) is 0.375. The van der Waals surface area contributed by atoms with E-state index in [-0.39, 0.29) is 11.0 Å². The molecule has 1 aromatic carbocycles. The molecule has 0 aliphatic heterocycles. The maximum absolute atomic E-state index is 12.8. The molecule has 0 saturated heterocycles. The zero-order valence-corrected chi connectivity index (χ0v) is 12.6. The number of benzene rings is 1. The third kappa shape index (κ3) is 2.93. The number of hydrogen-bond donors (Lipinski definition) is 0. The lowest BCUT2D eigenvalue weighted by Crippen LogP contribution is -2.11. The molecule has 1 atom stereocenters. The number of ketones is 1. The van der Waals surface area contributed by atoms with Crippen LogP contribution in [0.1, 0.15) is 52.9 Å². The van der Waals surface area contributed by atoms with Crippen molar-refractivity contribution in [3.63, 3.8) is 0 Å². The van der Waals surface area contributed by atoms with Gasteiger partial charge in [0.2, 0.25) is 5.25 Å². The summed E-state index contributed by atoms with van der Waals surface area (Å²) in [5.74, 6) is 0.993. The summed E-state index contributed by atoms with van der Waals surface area (Å²) in [6.45, 7) is 1.87. The molecule has 1 aliphatic carbocycles. The smallest absolute Gasteiger partial charge is 0.360 e. The van der Waals surface area contributed by atoms with Crippen LogP contribution in [0.3, 0.4) is 0 Å². The van der Waals surface area contributed by atoms with Crippen molar-refractivity contribution in [3.05, 3.63) is 52.9 Å². The van der Waals surface area contributed by atoms with Gasteiger partial charge in [-0.15, -0.1) is 0 Å². The molecule has 1 aromatic heterocycles. The van der Waals surface area contributed by atoms with Crippen LogP contribution in [0, 0.1) is 0 Å². The number of aromatic nitrogens is 1. The molecule has 0 amide bonds. The van der Waals surface area contributed by atoms with Crippen molar-refractivity contribution in [2.45, 2.75) is 37.4 Å². The second-order valence-electron chi connectivity index (χ2n) is 5.48. The Balaban J connectivity index is 1.94. The minimum Gasteiger partial charge on any atom is -0.360 e. The van der Waals surface area contributed by atoms with Crippen molar-refractivity contribution >= 4 is 17.4 Å². The van der Waals surface area contributed by atoms with Crippen molar-refractivity contribution in [1.82, 2.24) is 5.16 Å². The van der Waals surface area contributed by atoms with E-state index in [0.29, 0.717) is 40.9 Å². The minimum atomic E-state index is -0.0654. The van der Waals surface area contributed by atoms with Crippen LogP contribution < -0.4 is 0 Å². The van der Waals surface area contributed by atoms with Crippen molar-refractivity contribution in [2.75, 3.05) is 0 Å². The molecule has 0 bridgehead atoms. The molecule has 1 saturated carbocycles. The van der Waals surface area contributed by atoms with Gasteiger partial charge in [0.05, 0.1) is 11.8 Å². The molecule has 1 fully saturated rings. The SMILES string of the molecule is CC(Cc1ccccc1C(=O)c1cnoc1C1CC1)[S+]=O. The molecule has 1 heterocycles. The Morgan fingerprint density at radius 2 is 2.14 bits per heavy atom. The first-order valence-electron chi connectivity index (χ1n) is 7.06. The first-order valence-corrected chi connectivity index (χ1v) is 7.87. The van der Waals surface area contributed by atoms with Crippen molar-refractivity contribution in [2.24, 2.45) is 0 Å². The van der Waals surface area contributed by atoms with Gasteiger partial charge in [-0.25, -0.2) is 0 Å². The van der Waals surface area contributed by atoms with E-state index >= 15 is 0 Å². The molecule has 0 spiro atoms. The third-order valence-corrected chi connectivity index (χ3v) is 4.22. The number of carbonyl (C=O) groups excluding carboxylic acids is 1. The predicted molar refractivity (Wildman–Crippen MR) is 79.6 cm³/mol. The lowest BCUT2D eigenvalue weighted by atomic mass is 9.95. The molecule has 3 rings (SSSR count). The maximum Gasteiger partial charge on any atom is 0.462 e. The minimum absolute atomic E-state index is 0.0585. The maximum atomic E-state index is 12.8. The Morgan fingerprint density at radius 3 is 2.86 bits per heavy atom. The number of carbonyl (C=O) groups is 1. The van der Waals surface area contributed by atoms with E-state index in [1.54, 1.807) is 0 Å². The summed E-state index contributed by atoms with van der Waals surface area (Å²) in [5.41, 5.74) is 2.11. The summed E-state index contributed by atoms with van der Waals surface area (Å²) in [6, 6.07) is 7.45. The Morgan fingerprint density at radius 1 is 1.38 bits per heavy atom. The van der Waals surface area contributed by atoms with Gasteiger partial charge in [-0.1, -0.05) is 29.4 Å². The fourth-order valence-electron chi connectivity index (χ4n) is 2.47. The van der Waals surface area contributed by atoms with Crippen LogP contribution in [0.2, 0.25) is 0 Å². The normalized spacial score (nSPS) is 15.7. The highest BCUT2D eigenvalue weighted by Gasteiger charge is 2.33. The average Bonchev–Trinajstić information content (AvgIpc) is 3.24. The van der Waals surface area contributed by atoms with Crippen molar-refractivity contribution in [3.8, 4) is 0 Å². The highest BCUT2D eigenvalue weighted by molar-refractivity contribution is 7.66. The molecule has 1 unspecified atom stereocenters. The highest BCUT2D eigenvalue weighted by Crippen LogP contribution is 2.42. The summed E-state index contributed by atoms with van der Waals surface area (Å²) < 4.78 is 16.2. The van der Waals surface area contributed by atoms with Crippen molar-refractivity contribution < 1.29 is 13.5 Å². The van der Waals surface area contributed by atoms with Crippen LogP contribution in [0.15, 0.2) is 35.0 Å². The Labute approximate surface area is 127 Å². The second kappa shape index (κ2) is 5.85. The summed E-state index contributed by atoms with van der Waals surface area (Å²) in [5, 5.41) is 3.72. The second-order valence-corrected chi connectivity index (χ2v) is 6.47. The predicted octanol–water partition coefficient (Wildman–Crippen LogP) is 3.14. The van der Waals surface area contributed by atoms with Crippen LogP contribution in [-0.4, -0.2) is 16.2 Å². The molecule has 0 N–H and O–H groups in total. The standard InChI is InChI=1S/C16H16NO3S/c1-10(21-19)8-12-4-2-3-5-13(12)15(18)14-9-17-20-16(14)11-6-7-11/h2-5,9-11H,6-8H2,1H3/q+1. The highest BCUT2D eigenvalue weighted by atomic mass is 32.1. The van der Waals surface area contributed by atoms with Gasteiger partial charge in [-0.05, 0) is 25.3 Å². The van der Waals surface area contributed by atoms with Crippen LogP contribution in [-0.2, 0) is 22.3 Å². The number of hydrogen-bond acceptors (Lipinski definition) is 4. The van der Waals surface area contributed by atoms with Gasteiger partial charge in [-0.2, -0.15) is 0 Å². The van der Waals surface area contributed by atoms with Gasteiger partial charge in [0, 0.05) is 22.1 Å². The molecular weight excluding hydrogens is 286 g/mol. The first-order chi connectivity index (χ1) is 10.2. The van der Waals surface area contributed by atoms with E-state index in [9.17, 15) is 9.00 Å². The summed E-state index contributed by atoms with van der Waals surface area (Å²) >= 11 is 0.563. The van der Waals surface area contributed by atoms with Gasteiger partial charge in [-0.3, -0.25) is 4.79 Å². The van der Waals surface area contributed by atoms with Gasteiger partial charge in [0.15, 0.2) is 11.5 Å². The first kappa shape index (κ1) is 14.1. The van der Waals surface area contributed by atoms with Gasteiger partial charge in [0.25, 0.3) is 0 Å². The zero-order chi connectivity index (χ0) is 14.8. The van der Waals surface area contributed by atoms with E-state index in [1.165, 1.54) is 6.20 Å². The van der Waals surface area contributed by atoms with Gasteiger partial charge in [0.1, 0.15) is 0 Å². The van der Waals surface area contributed by atoms with Crippen LogP contribution in [0.5, 0.6) is 0 Å². The molecule has 2 aromatic rings. The lowest BCUT2D eigenvalue weighted by molar-refractivity contribution is 0.103. The van der Waals surface area contributed by atoms with Crippen molar-refractivity contribution in [1.29, 1.82) is 0 Å². The van der Waals surface area contributed by atoms with E-state index in [0.717, 1.165) is 18.4 Å². The molecule has 1 aliphatic rings. The van der Waals surface area contributed by atoms with Crippen LogP contribution in [0.25, 0.3) is 0 Å². The monoisotopic (exact) mass is 302 g/mol. The Hall–Kier alpha value is -1.88. The Kier molecular flexibility index (Phi) is 3.92. The van der Waals surface area contributed by atoms with E-state index in [4.69, 9.17) is 4.52 Å². The van der Waals surface area contributed by atoms with E-state index in [1.807, 2.05) is 31.2 Å². The summed E-state index contributed by atoms with van der Waals surface area (Å²) in [6.07, 6.45) is 4.21. The van der Waals surface area contributed by atoms with E-state index < -0.39 is 0 Å². The number of nitrogens with zero attached hydrogens (tertiary/aromatic N) is 1. The number of rotatable bonds is 6. The quantitative estimate of drug-likeness (QED) is 0.607. The lowest BCUT2D eigenvalue weighted by Gasteiger charge is -2.06. The molecule has 4 nitrogen and oxygen atoms in total. The summed E-state index contributed by atoms with van der Waals surface area (Å²) in [4.78, 5) is 12.8. The Bertz CT molecular complexity index is 676. The average molecular weight is 302 g/mol. The van der Waals surface area contributed by atoms with Crippen LogP contribution in [0.4, 0.5) is 0 Å². The fourth-order valence-corrected chi connectivity index (χ4v) is 2.72. The molecular formula is C16H16NO3S+. The van der Waals surface area contributed by atoms with Crippen LogP contribution >= 0.6 is 0 Å². The zero-order valence-electron chi connectivity index (χ0n) is 11.7. The van der Waals surface area contributed by atoms with Gasteiger partial charge >= 0.3 is 11.7 Å².